The molecule has 0 saturated carbocycles. The van der Waals surface area contributed by atoms with Gasteiger partial charge < -0.3 is 15.8 Å². The molecule has 0 aliphatic carbocycles. The van der Waals surface area contributed by atoms with E-state index in [4.69, 9.17) is 10.5 Å². The highest BCUT2D eigenvalue weighted by Gasteiger charge is 2.13. The van der Waals surface area contributed by atoms with Gasteiger partial charge in [-0.15, -0.1) is 0 Å². The first-order valence-corrected chi connectivity index (χ1v) is 5.72. The second kappa shape index (κ2) is 6.25. The number of hydrogen-bond donors (Lipinski definition) is 2. The van der Waals surface area contributed by atoms with Gasteiger partial charge in [0.2, 0.25) is 5.91 Å². The molecule has 0 radical (unpaired) electrons. The van der Waals surface area contributed by atoms with Gasteiger partial charge in [0.15, 0.2) is 0 Å². The number of benzene rings is 1. The van der Waals surface area contributed by atoms with Crippen molar-refractivity contribution in [3.8, 4) is 5.75 Å². The zero-order valence-corrected chi connectivity index (χ0v) is 10.6. The summed E-state index contributed by atoms with van der Waals surface area (Å²) in [7, 11) is 1.64. The van der Waals surface area contributed by atoms with Crippen molar-refractivity contribution in [3.05, 3.63) is 29.8 Å². The van der Waals surface area contributed by atoms with Crippen molar-refractivity contribution in [2.24, 2.45) is 5.73 Å². The number of carbonyl (C=O) groups is 1. The third kappa shape index (κ3) is 4.07. The number of carbonyl (C=O) groups excluding carboxylic acids is 1. The monoisotopic (exact) mass is 236 g/mol. The minimum atomic E-state index is -0.477. The van der Waals surface area contributed by atoms with Crippen molar-refractivity contribution in [1.82, 2.24) is 5.32 Å². The minimum Gasteiger partial charge on any atom is -0.496 e. The van der Waals surface area contributed by atoms with Gasteiger partial charge in [0.05, 0.1) is 13.2 Å². The molecule has 0 spiro atoms. The van der Waals surface area contributed by atoms with Gasteiger partial charge in [-0.3, -0.25) is 4.79 Å². The lowest BCUT2D eigenvalue weighted by Crippen LogP contribution is -2.43. The second-order valence-electron chi connectivity index (χ2n) is 4.21. The Morgan fingerprint density at radius 1 is 1.41 bits per heavy atom. The number of nitrogens with one attached hydrogen (secondary N) is 1. The molecule has 0 aliphatic heterocycles. The Kier molecular flexibility index (Phi) is 4.97. The minimum absolute atomic E-state index is 0.0322. The van der Waals surface area contributed by atoms with Crippen LogP contribution < -0.4 is 15.8 Å². The van der Waals surface area contributed by atoms with Crippen molar-refractivity contribution in [2.45, 2.75) is 32.4 Å². The number of ether oxygens (including phenoxy) is 1. The van der Waals surface area contributed by atoms with E-state index in [1.807, 2.05) is 31.2 Å². The third-order valence-corrected chi connectivity index (χ3v) is 2.52. The van der Waals surface area contributed by atoms with Crippen LogP contribution in [0.3, 0.4) is 0 Å². The topological polar surface area (TPSA) is 64.3 Å². The third-order valence-electron chi connectivity index (χ3n) is 2.52. The molecule has 2 atom stereocenters. The first kappa shape index (κ1) is 13.5. The van der Waals surface area contributed by atoms with Crippen molar-refractivity contribution < 1.29 is 9.53 Å². The van der Waals surface area contributed by atoms with Crippen LogP contribution in [-0.4, -0.2) is 25.1 Å². The maximum absolute atomic E-state index is 11.4. The highest BCUT2D eigenvalue weighted by molar-refractivity contribution is 5.81. The average Bonchev–Trinajstić information content (AvgIpc) is 2.29. The quantitative estimate of drug-likeness (QED) is 0.804. The fourth-order valence-electron chi connectivity index (χ4n) is 1.63. The lowest BCUT2D eigenvalue weighted by Gasteiger charge is -2.17. The van der Waals surface area contributed by atoms with Crippen LogP contribution >= 0.6 is 0 Å². The van der Waals surface area contributed by atoms with E-state index in [1.54, 1.807) is 14.0 Å². The van der Waals surface area contributed by atoms with Crippen LogP contribution in [0, 0.1) is 0 Å². The Bertz CT molecular complexity index is 377. The second-order valence-corrected chi connectivity index (χ2v) is 4.21. The molecule has 1 rings (SSSR count). The summed E-state index contributed by atoms with van der Waals surface area (Å²) in [6.45, 7) is 3.62. The highest BCUT2D eigenvalue weighted by atomic mass is 16.5. The predicted octanol–water partition coefficient (Wildman–Crippen LogP) is 1.09. The van der Waals surface area contributed by atoms with E-state index < -0.39 is 6.04 Å². The van der Waals surface area contributed by atoms with Crippen molar-refractivity contribution in [2.75, 3.05) is 7.11 Å². The normalized spacial score (nSPS) is 13.9. The molecular formula is C13H20N2O2. The van der Waals surface area contributed by atoms with Crippen molar-refractivity contribution >= 4 is 5.91 Å². The van der Waals surface area contributed by atoms with E-state index in [9.17, 15) is 4.79 Å². The molecule has 4 heteroatoms. The number of rotatable bonds is 5. The maximum Gasteiger partial charge on any atom is 0.236 e. The fraction of sp³-hybridized carbons (Fsp3) is 0.462. The summed E-state index contributed by atoms with van der Waals surface area (Å²) >= 11 is 0. The van der Waals surface area contributed by atoms with Gasteiger partial charge >= 0.3 is 0 Å². The predicted molar refractivity (Wildman–Crippen MR) is 68.0 cm³/mol. The molecule has 2 unspecified atom stereocenters. The molecule has 0 fully saturated rings. The summed E-state index contributed by atoms with van der Waals surface area (Å²) in [6.07, 6.45) is 0.725. The summed E-state index contributed by atoms with van der Waals surface area (Å²) in [4.78, 5) is 11.4. The van der Waals surface area contributed by atoms with Crippen LogP contribution in [0.2, 0.25) is 0 Å². The number of amides is 1. The number of methoxy groups -OCH3 is 1. The maximum atomic E-state index is 11.4. The Labute approximate surface area is 102 Å². The van der Waals surface area contributed by atoms with E-state index in [2.05, 4.69) is 5.32 Å². The van der Waals surface area contributed by atoms with Crippen LogP contribution in [-0.2, 0) is 11.2 Å². The Balaban J connectivity index is 2.61. The Morgan fingerprint density at radius 2 is 2.06 bits per heavy atom. The van der Waals surface area contributed by atoms with Gasteiger partial charge in [0.25, 0.3) is 0 Å². The van der Waals surface area contributed by atoms with Crippen LogP contribution in [0.25, 0.3) is 0 Å². The summed E-state index contributed by atoms with van der Waals surface area (Å²) in [5.74, 6) is 0.710. The molecule has 1 aromatic carbocycles. The highest BCUT2D eigenvalue weighted by Crippen LogP contribution is 2.18. The summed E-state index contributed by atoms with van der Waals surface area (Å²) < 4.78 is 5.26. The van der Waals surface area contributed by atoms with Gasteiger partial charge in [-0.25, -0.2) is 0 Å². The first-order chi connectivity index (χ1) is 8.04. The van der Waals surface area contributed by atoms with Gasteiger partial charge in [0.1, 0.15) is 5.75 Å². The standard InChI is InChI=1S/C13H20N2O2/c1-9(15-13(16)10(2)14)8-11-6-4-5-7-12(11)17-3/h4-7,9-10H,8,14H2,1-3H3,(H,15,16). The molecule has 0 aliphatic rings. The Hall–Kier alpha value is -1.55. The van der Waals surface area contributed by atoms with Gasteiger partial charge in [0, 0.05) is 6.04 Å². The van der Waals surface area contributed by atoms with Crippen LogP contribution in [0.15, 0.2) is 24.3 Å². The molecular weight excluding hydrogens is 216 g/mol. The number of para-hydroxylation sites is 1. The SMILES string of the molecule is COc1ccccc1CC(C)NC(=O)C(C)N. The van der Waals surface area contributed by atoms with Gasteiger partial charge in [-0.2, -0.15) is 0 Å². The largest absolute Gasteiger partial charge is 0.496 e. The molecule has 0 saturated heterocycles. The Morgan fingerprint density at radius 3 is 2.65 bits per heavy atom. The molecule has 94 valence electrons. The van der Waals surface area contributed by atoms with Crippen LogP contribution in [0.1, 0.15) is 19.4 Å². The van der Waals surface area contributed by atoms with Gasteiger partial charge in [-0.1, -0.05) is 18.2 Å². The van der Waals surface area contributed by atoms with E-state index >= 15 is 0 Å². The van der Waals surface area contributed by atoms with Gasteiger partial charge in [-0.05, 0) is 31.9 Å². The molecule has 4 nitrogen and oxygen atoms in total. The first-order valence-electron chi connectivity index (χ1n) is 5.72. The van der Waals surface area contributed by atoms with Crippen molar-refractivity contribution in [3.63, 3.8) is 0 Å². The lowest BCUT2D eigenvalue weighted by atomic mass is 10.1. The van der Waals surface area contributed by atoms with E-state index in [0.717, 1.165) is 17.7 Å². The molecule has 17 heavy (non-hydrogen) atoms. The summed E-state index contributed by atoms with van der Waals surface area (Å²) in [5.41, 5.74) is 6.57. The van der Waals surface area contributed by atoms with Crippen molar-refractivity contribution in [1.29, 1.82) is 0 Å². The fourth-order valence-corrected chi connectivity index (χ4v) is 1.63. The number of nitrogens with two attached hydrogens (primary N) is 1. The molecule has 3 N–H and O–H groups in total. The zero-order valence-electron chi connectivity index (χ0n) is 10.6. The van der Waals surface area contributed by atoms with E-state index in [0.29, 0.717) is 0 Å². The lowest BCUT2D eigenvalue weighted by molar-refractivity contribution is -0.122. The van der Waals surface area contributed by atoms with E-state index in [-0.39, 0.29) is 11.9 Å². The molecule has 0 heterocycles. The molecule has 1 aromatic rings. The van der Waals surface area contributed by atoms with Crippen LogP contribution in [0.4, 0.5) is 0 Å². The van der Waals surface area contributed by atoms with E-state index in [1.165, 1.54) is 0 Å². The molecule has 0 aromatic heterocycles. The smallest absolute Gasteiger partial charge is 0.236 e. The average molecular weight is 236 g/mol. The summed E-state index contributed by atoms with van der Waals surface area (Å²) in [5, 5.41) is 2.86. The molecule has 0 bridgehead atoms. The molecule has 1 amide bonds. The number of hydrogen-bond acceptors (Lipinski definition) is 3. The van der Waals surface area contributed by atoms with Crippen LogP contribution in [0.5, 0.6) is 5.75 Å². The zero-order chi connectivity index (χ0) is 12.8. The summed E-state index contributed by atoms with van der Waals surface area (Å²) in [6, 6.07) is 7.34.